The van der Waals surface area contributed by atoms with E-state index in [-0.39, 0.29) is 0 Å². The van der Waals surface area contributed by atoms with Crippen molar-refractivity contribution in [3.8, 4) is 0 Å². The Kier molecular flexibility index (Phi) is 5.22. The van der Waals surface area contributed by atoms with E-state index in [4.69, 9.17) is 9.47 Å². The second kappa shape index (κ2) is 6.69. The molecule has 100 valence electrons. The second-order valence-electron chi connectivity index (χ2n) is 5.29. The van der Waals surface area contributed by atoms with E-state index in [1.54, 1.807) is 0 Å². The van der Waals surface area contributed by atoms with E-state index < -0.39 is 0 Å². The summed E-state index contributed by atoms with van der Waals surface area (Å²) in [7, 11) is 2.19. The minimum atomic E-state index is 0.426. The Morgan fingerprint density at radius 2 is 2.24 bits per heavy atom. The minimum absolute atomic E-state index is 0.426. The predicted molar refractivity (Wildman–Crippen MR) is 68.3 cm³/mol. The van der Waals surface area contributed by atoms with E-state index in [1.807, 2.05) is 0 Å². The highest BCUT2D eigenvalue weighted by Crippen LogP contribution is 2.15. The molecule has 1 N–H and O–H groups in total. The molecule has 2 aliphatic heterocycles. The average molecular weight is 242 g/mol. The van der Waals surface area contributed by atoms with Crippen LogP contribution in [0.1, 0.15) is 26.2 Å². The fourth-order valence-electron chi connectivity index (χ4n) is 2.65. The predicted octanol–water partition coefficient (Wildman–Crippen LogP) is 0.864. The van der Waals surface area contributed by atoms with E-state index in [0.717, 1.165) is 32.9 Å². The highest BCUT2D eigenvalue weighted by atomic mass is 16.5. The molecule has 0 aliphatic carbocycles. The van der Waals surface area contributed by atoms with E-state index in [1.165, 1.54) is 19.3 Å². The van der Waals surface area contributed by atoms with Crippen LogP contribution in [0, 0.1) is 0 Å². The van der Waals surface area contributed by atoms with Crippen molar-refractivity contribution < 1.29 is 9.47 Å². The van der Waals surface area contributed by atoms with Gasteiger partial charge in [-0.1, -0.05) is 0 Å². The third kappa shape index (κ3) is 3.91. The van der Waals surface area contributed by atoms with Gasteiger partial charge in [-0.05, 0) is 33.2 Å². The molecule has 2 aliphatic rings. The van der Waals surface area contributed by atoms with Crippen molar-refractivity contribution in [3.05, 3.63) is 0 Å². The first kappa shape index (κ1) is 13.3. The Hall–Kier alpha value is -0.160. The Bertz CT molecular complexity index is 191. The lowest BCUT2D eigenvalue weighted by Crippen LogP contribution is -2.43. The van der Waals surface area contributed by atoms with Crippen molar-refractivity contribution in [3.63, 3.8) is 0 Å². The van der Waals surface area contributed by atoms with Crippen LogP contribution in [-0.2, 0) is 9.47 Å². The van der Waals surface area contributed by atoms with Crippen LogP contribution in [-0.4, -0.2) is 63.0 Å². The van der Waals surface area contributed by atoms with Gasteiger partial charge in [-0.3, -0.25) is 4.90 Å². The summed E-state index contributed by atoms with van der Waals surface area (Å²) in [5.41, 5.74) is 0. The Balaban J connectivity index is 1.58. The van der Waals surface area contributed by atoms with Crippen molar-refractivity contribution in [2.75, 3.05) is 40.0 Å². The number of hydrogen-bond acceptors (Lipinski definition) is 4. The monoisotopic (exact) mass is 242 g/mol. The molecule has 0 spiro atoms. The number of likely N-dealkylation sites (N-methyl/N-ethyl adjacent to an activating group) is 1. The van der Waals surface area contributed by atoms with Gasteiger partial charge < -0.3 is 14.8 Å². The SMILES string of the molecule is CC(NCCN(C)C1CCOC1)C1CCCO1. The van der Waals surface area contributed by atoms with Gasteiger partial charge in [0.2, 0.25) is 0 Å². The summed E-state index contributed by atoms with van der Waals surface area (Å²) in [4.78, 5) is 2.40. The highest BCUT2D eigenvalue weighted by molar-refractivity contribution is 4.78. The van der Waals surface area contributed by atoms with Gasteiger partial charge >= 0.3 is 0 Å². The van der Waals surface area contributed by atoms with Crippen molar-refractivity contribution >= 4 is 0 Å². The number of hydrogen-bond donors (Lipinski definition) is 1. The number of rotatable bonds is 6. The molecular weight excluding hydrogens is 216 g/mol. The lowest BCUT2D eigenvalue weighted by atomic mass is 10.1. The van der Waals surface area contributed by atoms with E-state index >= 15 is 0 Å². The number of nitrogens with zero attached hydrogens (tertiary/aromatic N) is 1. The van der Waals surface area contributed by atoms with Gasteiger partial charge in [0, 0.05) is 38.4 Å². The Morgan fingerprint density at radius 1 is 1.35 bits per heavy atom. The van der Waals surface area contributed by atoms with E-state index in [2.05, 4.69) is 24.2 Å². The summed E-state index contributed by atoms with van der Waals surface area (Å²) in [6, 6.07) is 1.10. The minimum Gasteiger partial charge on any atom is -0.380 e. The standard InChI is InChI=1S/C13H26N2O2/c1-11(13-4-3-8-17-13)14-6-7-15(2)12-5-9-16-10-12/h11-14H,3-10H2,1-2H3. The molecule has 2 heterocycles. The third-order valence-electron chi connectivity index (χ3n) is 3.98. The maximum absolute atomic E-state index is 5.68. The zero-order valence-corrected chi connectivity index (χ0v) is 11.2. The molecule has 2 saturated heterocycles. The smallest absolute Gasteiger partial charge is 0.0726 e. The van der Waals surface area contributed by atoms with Crippen molar-refractivity contribution in [2.24, 2.45) is 0 Å². The average Bonchev–Trinajstić information content (AvgIpc) is 3.02. The molecule has 4 nitrogen and oxygen atoms in total. The van der Waals surface area contributed by atoms with Crippen molar-refractivity contribution in [1.82, 2.24) is 10.2 Å². The van der Waals surface area contributed by atoms with Crippen LogP contribution >= 0.6 is 0 Å². The van der Waals surface area contributed by atoms with E-state index in [0.29, 0.717) is 18.2 Å². The van der Waals surface area contributed by atoms with Crippen LogP contribution in [0.25, 0.3) is 0 Å². The molecule has 3 unspecified atom stereocenters. The molecule has 2 fully saturated rings. The fraction of sp³-hybridized carbons (Fsp3) is 1.00. The van der Waals surface area contributed by atoms with Crippen LogP contribution in [0.4, 0.5) is 0 Å². The normalized spacial score (nSPS) is 31.2. The third-order valence-corrected chi connectivity index (χ3v) is 3.98. The fourth-order valence-corrected chi connectivity index (χ4v) is 2.65. The molecule has 3 atom stereocenters. The van der Waals surface area contributed by atoms with Crippen molar-refractivity contribution in [1.29, 1.82) is 0 Å². The Morgan fingerprint density at radius 3 is 2.88 bits per heavy atom. The zero-order valence-electron chi connectivity index (χ0n) is 11.2. The highest BCUT2D eigenvalue weighted by Gasteiger charge is 2.23. The molecule has 0 amide bonds. The largest absolute Gasteiger partial charge is 0.380 e. The van der Waals surface area contributed by atoms with Crippen LogP contribution < -0.4 is 5.32 Å². The second-order valence-corrected chi connectivity index (χ2v) is 5.29. The molecule has 17 heavy (non-hydrogen) atoms. The summed E-state index contributed by atoms with van der Waals surface area (Å²) in [5, 5.41) is 3.57. The van der Waals surface area contributed by atoms with Gasteiger partial charge in [-0.2, -0.15) is 0 Å². The topological polar surface area (TPSA) is 33.7 Å². The molecule has 4 heteroatoms. The molecule has 0 radical (unpaired) electrons. The quantitative estimate of drug-likeness (QED) is 0.749. The van der Waals surface area contributed by atoms with E-state index in [9.17, 15) is 0 Å². The maximum atomic E-state index is 5.68. The molecule has 0 bridgehead atoms. The zero-order chi connectivity index (χ0) is 12.1. The van der Waals surface area contributed by atoms with Crippen molar-refractivity contribution in [2.45, 2.75) is 44.4 Å². The summed E-state index contributed by atoms with van der Waals surface area (Å²) in [6.07, 6.45) is 4.03. The molecular formula is C13H26N2O2. The summed E-state index contributed by atoms with van der Waals surface area (Å²) in [6.45, 7) is 7.12. The van der Waals surface area contributed by atoms with Crippen LogP contribution in [0.2, 0.25) is 0 Å². The molecule has 0 saturated carbocycles. The van der Waals surface area contributed by atoms with Gasteiger partial charge in [0.1, 0.15) is 0 Å². The van der Waals surface area contributed by atoms with Gasteiger partial charge in [-0.25, -0.2) is 0 Å². The first-order valence-corrected chi connectivity index (χ1v) is 6.90. The molecule has 0 aromatic carbocycles. The van der Waals surface area contributed by atoms with Crippen LogP contribution in [0.15, 0.2) is 0 Å². The van der Waals surface area contributed by atoms with Crippen LogP contribution in [0.5, 0.6) is 0 Å². The molecule has 0 aromatic rings. The summed E-state index contributed by atoms with van der Waals surface area (Å²) >= 11 is 0. The molecule has 0 aromatic heterocycles. The van der Waals surface area contributed by atoms with Gasteiger partial charge in [-0.15, -0.1) is 0 Å². The number of ether oxygens (including phenoxy) is 2. The Labute approximate surface area is 105 Å². The van der Waals surface area contributed by atoms with Gasteiger partial charge in [0.25, 0.3) is 0 Å². The summed E-state index contributed by atoms with van der Waals surface area (Å²) < 4.78 is 11.1. The van der Waals surface area contributed by atoms with Gasteiger partial charge in [0.15, 0.2) is 0 Å². The number of nitrogens with one attached hydrogen (secondary N) is 1. The van der Waals surface area contributed by atoms with Gasteiger partial charge in [0.05, 0.1) is 12.7 Å². The molecule has 2 rings (SSSR count). The lowest BCUT2D eigenvalue weighted by Gasteiger charge is -2.25. The summed E-state index contributed by atoms with van der Waals surface area (Å²) in [5.74, 6) is 0. The first-order valence-electron chi connectivity index (χ1n) is 6.90. The maximum Gasteiger partial charge on any atom is 0.0726 e. The lowest BCUT2D eigenvalue weighted by molar-refractivity contribution is 0.0821. The first-order chi connectivity index (χ1) is 8.27. The van der Waals surface area contributed by atoms with Crippen LogP contribution in [0.3, 0.4) is 0 Å².